The number of anilines is 1. The molecule has 0 aliphatic rings. The molecule has 5 heteroatoms. The Balaban J connectivity index is 2.13. The molecule has 2 rings (SSSR count). The molecule has 2 aromatic rings. The van der Waals surface area contributed by atoms with E-state index >= 15 is 0 Å². The van der Waals surface area contributed by atoms with Crippen LogP contribution in [0.5, 0.6) is 0 Å². The molecule has 0 aliphatic carbocycles. The molecule has 0 unspecified atom stereocenters. The fourth-order valence-corrected chi connectivity index (χ4v) is 2.18. The van der Waals surface area contributed by atoms with Gasteiger partial charge in [-0.1, -0.05) is 0 Å². The van der Waals surface area contributed by atoms with E-state index in [1.807, 2.05) is 16.9 Å². The number of hydrogen-bond donors (Lipinski definition) is 1. The predicted octanol–water partition coefficient (Wildman–Crippen LogP) is 2.96. The average molecular weight is 290 g/mol. The molecule has 114 valence electrons. The number of nitrogens with zero attached hydrogens (tertiary/aromatic N) is 3. The summed E-state index contributed by atoms with van der Waals surface area (Å²) in [5.41, 5.74) is 7.60. The summed E-state index contributed by atoms with van der Waals surface area (Å²) in [6, 6.07) is 8.94. The topological polar surface area (TPSA) is 47.1 Å². The van der Waals surface area contributed by atoms with E-state index in [4.69, 9.17) is 5.73 Å². The van der Waals surface area contributed by atoms with Gasteiger partial charge in [-0.25, -0.2) is 4.39 Å². The lowest BCUT2D eigenvalue weighted by molar-refractivity contribution is 0.525. The van der Waals surface area contributed by atoms with Crippen molar-refractivity contribution in [2.75, 3.05) is 18.0 Å². The summed E-state index contributed by atoms with van der Waals surface area (Å²) in [6.45, 7) is 6.37. The van der Waals surface area contributed by atoms with Crippen LogP contribution in [0, 0.1) is 5.82 Å². The third-order valence-corrected chi connectivity index (χ3v) is 3.37. The third kappa shape index (κ3) is 4.29. The molecule has 0 spiro atoms. The first-order valence-corrected chi connectivity index (χ1v) is 7.34. The lowest BCUT2D eigenvalue weighted by Gasteiger charge is -2.23. The van der Waals surface area contributed by atoms with Crippen molar-refractivity contribution in [3.63, 3.8) is 0 Å². The van der Waals surface area contributed by atoms with Gasteiger partial charge in [-0.3, -0.25) is 4.68 Å². The van der Waals surface area contributed by atoms with E-state index in [9.17, 15) is 4.39 Å². The van der Waals surface area contributed by atoms with Crippen molar-refractivity contribution in [3.05, 3.63) is 48.0 Å². The molecule has 0 bridgehead atoms. The maximum Gasteiger partial charge on any atom is 0.123 e. The molecule has 0 saturated carbocycles. The minimum absolute atomic E-state index is 0.221. The number of aromatic nitrogens is 2. The maximum absolute atomic E-state index is 13.1. The van der Waals surface area contributed by atoms with E-state index in [2.05, 4.69) is 23.8 Å². The minimum Gasteiger partial charge on any atom is -0.366 e. The van der Waals surface area contributed by atoms with Crippen LogP contribution in [-0.2, 0) is 6.54 Å². The first kappa shape index (κ1) is 15.5. The van der Waals surface area contributed by atoms with Crippen LogP contribution >= 0.6 is 0 Å². The van der Waals surface area contributed by atoms with Gasteiger partial charge in [-0.15, -0.1) is 0 Å². The second-order valence-electron chi connectivity index (χ2n) is 5.42. The molecule has 2 N–H and O–H groups in total. The molecule has 0 amide bonds. The molecule has 0 aliphatic heterocycles. The second-order valence-corrected chi connectivity index (χ2v) is 5.42. The Labute approximate surface area is 125 Å². The van der Waals surface area contributed by atoms with Crippen molar-refractivity contribution in [1.29, 1.82) is 0 Å². The zero-order valence-electron chi connectivity index (χ0n) is 12.7. The van der Waals surface area contributed by atoms with E-state index in [1.165, 1.54) is 12.1 Å². The molecule has 0 fully saturated rings. The average Bonchev–Trinajstić information content (AvgIpc) is 2.93. The van der Waals surface area contributed by atoms with Crippen molar-refractivity contribution in [1.82, 2.24) is 9.78 Å². The molecular weight excluding hydrogens is 267 g/mol. The van der Waals surface area contributed by atoms with E-state index in [0.717, 1.165) is 24.3 Å². The molecule has 1 heterocycles. The molecule has 21 heavy (non-hydrogen) atoms. The quantitative estimate of drug-likeness (QED) is 0.853. The molecule has 0 saturated heterocycles. The van der Waals surface area contributed by atoms with E-state index in [-0.39, 0.29) is 5.82 Å². The number of halogens is 1. The smallest absolute Gasteiger partial charge is 0.123 e. The van der Waals surface area contributed by atoms with Gasteiger partial charge in [0.05, 0.1) is 12.2 Å². The van der Waals surface area contributed by atoms with Gasteiger partial charge in [-0.2, -0.15) is 5.10 Å². The lowest BCUT2D eigenvalue weighted by atomic mass is 10.2. The number of nitrogens with two attached hydrogens (primary N) is 1. The Bertz CT molecular complexity index is 548. The molecule has 1 aromatic heterocycles. The van der Waals surface area contributed by atoms with Crippen molar-refractivity contribution < 1.29 is 4.39 Å². The van der Waals surface area contributed by atoms with Crippen LogP contribution in [0.15, 0.2) is 36.5 Å². The van der Waals surface area contributed by atoms with Crippen LogP contribution in [0.25, 0.3) is 0 Å². The van der Waals surface area contributed by atoms with Gasteiger partial charge < -0.3 is 10.6 Å². The van der Waals surface area contributed by atoms with Gasteiger partial charge in [0.1, 0.15) is 5.82 Å². The summed E-state index contributed by atoms with van der Waals surface area (Å²) in [4.78, 5) is 2.18. The molecular formula is C16H23FN4. The molecule has 1 aromatic carbocycles. The summed E-state index contributed by atoms with van der Waals surface area (Å²) in [7, 11) is 0. The van der Waals surface area contributed by atoms with Gasteiger partial charge in [0, 0.05) is 24.5 Å². The van der Waals surface area contributed by atoms with E-state index in [1.54, 1.807) is 12.1 Å². The summed E-state index contributed by atoms with van der Waals surface area (Å²) < 4.78 is 15.0. The van der Waals surface area contributed by atoms with Crippen molar-refractivity contribution in [2.45, 2.75) is 32.9 Å². The Morgan fingerprint density at radius 2 is 1.95 bits per heavy atom. The van der Waals surface area contributed by atoms with Gasteiger partial charge in [-0.05, 0) is 57.1 Å². The number of benzene rings is 1. The molecule has 0 radical (unpaired) electrons. The zero-order valence-corrected chi connectivity index (χ0v) is 12.7. The fraction of sp³-hybridized carbons (Fsp3) is 0.438. The first-order chi connectivity index (χ1) is 10.1. The van der Waals surface area contributed by atoms with Crippen LogP contribution in [0.4, 0.5) is 10.1 Å². The van der Waals surface area contributed by atoms with Gasteiger partial charge >= 0.3 is 0 Å². The van der Waals surface area contributed by atoms with E-state index < -0.39 is 0 Å². The summed E-state index contributed by atoms with van der Waals surface area (Å²) in [5, 5.41) is 4.57. The number of rotatable bonds is 7. The first-order valence-electron chi connectivity index (χ1n) is 7.34. The third-order valence-electron chi connectivity index (χ3n) is 3.37. The van der Waals surface area contributed by atoms with Crippen LogP contribution in [0.3, 0.4) is 0 Å². The highest BCUT2D eigenvalue weighted by atomic mass is 19.1. The van der Waals surface area contributed by atoms with Gasteiger partial charge in [0.2, 0.25) is 0 Å². The highest BCUT2D eigenvalue weighted by Gasteiger charge is 2.10. The van der Waals surface area contributed by atoms with Crippen LogP contribution in [0.2, 0.25) is 0 Å². The lowest BCUT2D eigenvalue weighted by Crippen LogP contribution is -2.26. The Hall–Kier alpha value is -1.88. The Kier molecular flexibility index (Phi) is 5.33. The van der Waals surface area contributed by atoms with Crippen molar-refractivity contribution in [3.8, 4) is 0 Å². The maximum atomic E-state index is 13.1. The Morgan fingerprint density at radius 1 is 1.24 bits per heavy atom. The highest BCUT2D eigenvalue weighted by molar-refractivity contribution is 5.46. The van der Waals surface area contributed by atoms with Crippen molar-refractivity contribution in [2.24, 2.45) is 5.73 Å². The van der Waals surface area contributed by atoms with E-state index in [0.29, 0.717) is 19.1 Å². The second kappa shape index (κ2) is 7.22. The standard InChI is InChI=1S/C16H23FN4/c1-13(2)21-11-8-15(19-21)12-20(10-3-9-18)16-6-4-14(17)5-7-16/h4-8,11,13H,3,9-10,12,18H2,1-2H3. The summed E-state index contributed by atoms with van der Waals surface area (Å²) in [5.74, 6) is -0.221. The van der Waals surface area contributed by atoms with Crippen molar-refractivity contribution >= 4 is 5.69 Å². The monoisotopic (exact) mass is 290 g/mol. The largest absolute Gasteiger partial charge is 0.366 e. The zero-order chi connectivity index (χ0) is 15.2. The predicted molar refractivity (Wildman–Crippen MR) is 83.7 cm³/mol. The molecule has 4 nitrogen and oxygen atoms in total. The summed E-state index contributed by atoms with van der Waals surface area (Å²) >= 11 is 0. The SMILES string of the molecule is CC(C)n1ccc(CN(CCCN)c2ccc(F)cc2)n1. The minimum atomic E-state index is -0.221. The van der Waals surface area contributed by atoms with Gasteiger partial charge in [0.25, 0.3) is 0 Å². The Morgan fingerprint density at radius 3 is 2.52 bits per heavy atom. The van der Waals surface area contributed by atoms with Gasteiger partial charge in [0.15, 0.2) is 0 Å². The van der Waals surface area contributed by atoms with Crippen LogP contribution < -0.4 is 10.6 Å². The van der Waals surface area contributed by atoms with Crippen LogP contribution in [0.1, 0.15) is 32.0 Å². The normalized spacial score (nSPS) is 11.1. The van der Waals surface area contributed by atoms with Crippen LogP contribution in [-0.4, -0.2) is 22.9 Å². The fourth-order valence-electron chi connectivity index (χ4n) is 2.18. The highest BCUT2D eigenvalue weighted by Crippen LogP contribution is 2.18. The number of hydrogen-bond acceptors (Lipinski definition) is 3. The summed E-state index contributed by atoms with van der Waals surface area (Å²) in [6.07, 6.45) is 2.88. The molecule has 0 atom stereocenters.